The second-order valence-corrected chi connectivity index (χ2v) is 6.54. The molecule has 0 aliphatic heterocycles. The maximum atomic E-state index is 3.64. The zero-order chi connectivity index (χ0) is 10.7. The molecule has 0 bridgehead atoms. The molecule has 0 heterocycles. The molecule has 0 aromatic heterocycles. The highest BCUT2D eigenvalue weighted by Crippen LogP contribution is 2.35. The maximum Gasteiger partial charge on any atom is 0.000539 e. The second kappa shape index (κ2) is 4.65. The van der Waals surface area contributed by atoms with E-state index in [1.54, 1.807) is 0 Å². The van der Waals surface area contributed by atoms with Crippen molar-refractivity contribution in [1.29, 1.82) is 0 Å². The Morgan fingerprint density at radius 2 is 1.64 bits per heavy atom. The van der Waals surface area contributed by atoms with E-state index >= 15 is 0 Å². The molecule has 0 aromatic rings. The standard InChI is InChI=1S/C13H27N/c1-12(2,3)10-14-11-13(4)8-6-5-7-9-13/h14H,5-11H2,1-4H3. The zero-order valence-electron chi connectivity index (χ0n) is 10.4. The number of nitrogens with one attached hydrogen (secondary N) is 1. The molecule has 0 radical (unpaired) electrons. The first-order valence-corrected chi connectivity index (χ1v) is 6.12. The lowest BCUT2D eigenvalue weighted by molar-refractivity contribution is 0.199. The van der Waals surface area contributed by atoms with Crippen LogP contribution >= 0.6 is 0 Å². The largest absolute Gasteiger partial charge is 0.316 e. The summed E-state index contributed by atoms with van der Waals surface area (Å²) < 4.78 is 0. The summed E-state index contributed by atoms with van der Waals surface area (Å²) in [5, 5.41) is 3.64. The Labute approximate surface area is 89.7 Å². The minimum atomic E-state index is 0.422. The fourth-order valence-corrected chi connectivity index (χ4v) is 2.32. The highest BCUT2D eigenvalue weighted by Gasteiger charge is 2.26. The third-order valence-corrected chi connectivity index (χ3v) is 3.27. The van der Waals surface area contributed by atoms with E-state index in [1.807, 2.05) is 0 Å². The second-order valence-electron chi connectivity index (χ2n) is 6.54. The lowest BCUT2D eigenvalue weighted by atomic mass is 9.75. The van der Waals surface area contributed by atoms with Gasteiger partial charge >= 0.3 is 0 Å². The molecule has 1 nitrogen and oxygen atoms in total. The molecule has 0 unspecified atom stereocenters. The molecule has 1 N–H and O–H groups in total. The maximum absolute atomic E-state index is 3.64. The van der Waals surface area contributed by atoms with Crippen LogP contribution in [0.4, 0.5) is 0 Å². The van der Waals surface area contributed by atoms with E-state index in [0.29, 0.717) is 10.8 Å². The fourth-order valence-electron chi connectivity index (χ4n) is 2.32. The average molecular weight is 197 g/mol. The molecule has 84 valence electrons. The highest BCUT2D eigenvalue weighted by atomic mass is 14.9. The molecule has 0 saturated heterocycles. The minimum Gasteiger partial charge on any atom is -0.316 e. The summed E-state index contributed by atoms with van der Waals surface area (Å²) in [6.07, 6.45) is 7.17. The van der Waals surface area contributed by atoms with Crippen LogP contribution < -0.4 is 5.32 Å². The topological polar surface area (TPSA) is 12.0 Å². The van der Waals surface area contributed by atoms with E-state index in [0.717, 1.165) is 6.54 Å². The van der Waals surface area contributed by atoms with Gasteiger partial charge in [-0.25, -0.2) is 0 Å². The van der Waals surface area contributed by atoms with E-state index in [-0.39, 0.29) is 0 Å². The Balaban J connectivity index is 2.22. The molecule has 1 aliphatic carbocycles. The Morgan fingerprint density at radius 1 is 1.07 bits per heavy atom. The van der Waals surface area contributed by atoms with Crippen LogP contribution in [0.25, 0.3) is 0 Å². The van der Waals surface area contributed by atoms with Gasteiger partial charge in [0, 0.05) is 13.1 Å². The summed E-state index contributed by atoms with van der Waals surface area (Å²) >= 11 is 0. The van der Waals surface area contributed by atoms with Crippen molar-refractivity contribution in [2.24, 2.45) is 10.8 Å². The Hall–Kier alpha value is -0.0400. The Kier molecular flexibility index (Phi) is 4.00. The number of hydrogen-bond acceptors (Lipinski definition) is 1. The van der Waals surface area contributed by atoms with Crippen LogP contribution in [-0.4, -0.2) is 13.1 Å². The molecule has 0 atom stereocenters. The molecule has 1 heteroatoms. The molecule has 14 heavy (non-hydrogen) atoms. The summed E-state index contributed by atoms with van der Waals surface area (Å²) in [6, 6.07) is 0. The van der Waals surface area contributed by atoms with Crippen LogP contribution in [0.1, 0.15) is 59.8 Å². The zero-order valence-corrected chi connectivity index (χ0v) is 10.4. The van der Waals surface area contributed by atoms with Gasteiger partial charge in [-0.1, -0.05) is 47.0 Å². The summed E-state index contributed by atoms with van der Waals surface area (Å²) in [7, 11) is 0. The van der Waals surface area contributed by atoms with Gasteiger partial charge in [-0.3, -0.25) is 0 Å². The minimum absolute atomic E-state index is 0.422. The van der Waals surface area contributed by atoms with Gasteiger partial charge in [0.05, 0.1) is 0 Å². The first kappa shape index (κ1) is 12.0. The van der Waals surface area contributed by atoms with Crippen molar-refractivity contribution in [2.45, 2.75) is 59.8 Å². The summed E-state index contributed by atoms with van der Waals surface area (Å²) in [4.78, 5) is 0. The first-order valence-electron chi connectivity index (χ1n) is 6.12. The van der Waals surface area contributed by atoms with E-state index in [1.165, 1.54) is 38.6 Å². The predicted octanol–water partition coefficient (Wildman–Crippen LogP) is 3.59. The molecule has 1 saturated carbocycles. The smallest absolute Gasteiger partial charge is 0.000539 e. The van der Waals surface area contributed by atoms with Crippen molar-refractivity contribution in [3.8, 4) is 0 Å². The molecule has 0 aromatic carbocycles. The van der Waals surface area contributed by atoms with Gasteiger partial charge in [-0.2, -0.15) is 0 Å². The van der Waals surface area contributed by atoms with Gasteiger partial charge in [-0.15, -0.1) is 0 Å². The van der Waals surface area contributed by atoms with Crippen LogP contribution in [-0.2, 0) is 0 Å². The van der Waals surface area contributed by atoms with Crippen LogP contribution in [0.5, 0.6) is 0 Å². The van der Waals surface area contributed by atoms with Gasteiger partial charge in [-0.05, 0) is 23.7 Å². The highest BCUT2D eigenvalue weighted by molar-refractivity contribution is 4.81. The average Bonchev–Trinajstić information content (AvgIpc) is 2.02. The summed E-state index contributed by atoms with van der Waals surface area (Å²) in [6.45, 7) is 11.7. The fraction of sp³-hybridized carbons (Fsp3) is 1.00. The van der Waals surface area contributed by atoms with Gasteiger partial charge in [0.1, 0.15) is 0 Å². The van der Waals surface area contributed by atoms with Crippen molar-refractivity contribution in [2.75, 3.05) is 13.1 Å². The van der Waals surface area contributed by atoms with Crippen LogP contribution in [0, 0.1) is 10.8 Å². The molecule has 0 spiro atoms. The monoisotopic (exact) mass is 197 g/mol. The quantitative estimate of drug-likeness (QED) is 0.729. The van der Waals surface area contributed by atoms with E-state index in [9.17, 15) is 0 Å². The van der Waals surface area contributed by atoms with E-state index in [4.69, 9.17) is 0 Å². The van der Waals surface area contributed by atoms with Gasteiger partial charge < -0.3 is 5.32 Å². The number of rotatable bonds is 3. The van der Waals surface area contributed by atoms with Gasteiger partial charge in [0.2, 0.25) is 0 Å². The van der Waals surface area contributed by atoms with Crippen LogP contribution in [0.15, 0.2) is 0 Å². The lowest BCUT2D eigenvalue weighted by Gasteiger charge is -2.34. The third-order valence-electron chi connectivity index (χ3n) is 3.27. The Morgan fingerprint density at radius 3 is 2.14 bits per heavy atom. The lowest BCUT2D eigenvalue weighted by Crippen LogP contribution is -2.37. The van der Waals surface area contributed by atoms with E-state index < -0.39 is 0 Å². The third kappa shape index (κ3) is 4.45. The normalized spacial score (nSPS) is 22.3. The Bertz CT molecular complexity index is 161. The van der Waals surface area contributed by atoms with Crippen LogP contribution in [0.2, 0.25) is 0 Å². The van der Waals surface area contributed by atoms with Crippen molar-refractivity contribution < 1.29 is 0 Å². The SMILES string of the molecule is CC(C)(C)CNCC1(C)CCCCC1. The van der Waals surface area contributed by atoms with Crippen molar-refractivity contribution in [3.63, 3.8) is 0 Å². The first-order chi connectivity index (χ1) is 6.41. The van der Waals surface area contributed by atoms with Crippen molar-refractivity contribution in [3.05, 3.63) is 0 Å². The molecule has 1 aliphatic rings. The molecular weight excluding hydrogens is 170 g/mol. The number of hydrogen-bond donors (Lipinski definition) is 1. The van der Waals surface area contributed by atoms with Gasteiger partial charge in [0.25, 0.3) is 0 Å². The summed E-state index contributed by atoms with van der Waals surface area (Å²) in [5.41, 5.74) is 1.01. The molecule has 1 rings (SSSR count). The molecule has 0 amide bonds. The predicted molar refractivity (Wildman–Crippen MR) is 63.5 cm³/mol. The summed E-state index contributed by atoms with van der Waals surface area (Å²) in [5.74, 6) is 0. The van der Waals surface area contributed by atoms with Crippen molar-refractivity contribution >= 4 is 0 Å². The van der Waals surface area contributed by atoms with E-state index in [2.05, 4.69) is 33.0 Å². The van der Waals surface area contributed by atoms with Crippen molar-refractivity contribution in [1.82, 2.24) is 5.32 Å². The molecular formula is C13H27N. The van der Waals surface area contributed by atoms with Crippen LogP contribution in [0.3, 0.4) is 0 Å². The molecule has 1 fully saturated rings. The van der Waals surface area contributed by atoms with Gasteiger partial charge in [0.15, 0.2) is 0 Å².